The first-order chi connectivity index (χ1) is 33.0. The maximum absolute atomic E-state index is 14.7. The van der Waals surface area contributed by atoms with Crippen molar-refractivity contribution in [3.05, 3.63) is 228 Å². The summed E-state index contributed by atoms with van der Waals surface area (Å²) < 4.78 is 53.2. The zero-order valence-corrected chi connectivity index (χ0v) is 37.4. The molecule has 0 amide bonds. The molecule has 1 aliphatic carbocycles. The summed E-state index contributed by atoms with van der Waals surface area (Å²) in [6.45, 7) is 6.60. The van der Waals surface area contributed by atoms with E-state index in [0.29, 0.717) is 22.0 Å². The fourth-order valence-corrected chi connectivity index (χ4v) is 12.1. The van der Waals surface area contributed by atoms with Gasteiger partial charge in [0.15, 0.2) is 5.58 Å². The van der Waals surface area contributed by atoms with Crippen molar-refractivity contribution in [3.8, 4) is 16.8 Å². The van der Waals surface area contributed by atoms with Crippen molar-refractivity contribution < 1.29 is 17.6 Å². The lowest BCUT2D eigenvalue weighted by molar-refractivity contribution is -0.136. The van der Waals surface area contributed by atoms with Crippen LogP contribution in [-0.4, -0.2) is 4.57 Å². The van der Waals surface area contributed by atoms with Crippen LogP contribution in [-0.2, 0) is 17.0 Å². The highest BCUT2D eigenvalue weighted by Crippen LogP contribution is 2.64. The lowest BCUT2D eigenvalue weighted by atomic mass is 9.65. The summed E-state index contributed by atoms with van der Waals surface area (Å²) in [5, 5.41) is 7.85. The van der Waals surface area contributed by atoms with Gasteiger partial charge >= 0.3 is 6.18 Å². The second-order valence-corrected chi connectivity index (χ2v) is 19.5. The highest BCUT2D eigenvalue weighted by molar-refractivity contribution is 6.19. The predicted molar refractivity (Wildman–Crippen MR) is 272 cm³/mol. The van der Waals surface area contributed by atoms with Gasteiger partial charge in [0.2, 0.25) is 0 Å². The number of fused-ring (bicyclic) bond motifs is 19. The Bertz CT molecular complexity index is 4130. The van der Waals surface area contributed by atoms with E-state index in [1.54, 1.807) is 6.07 Å². The molecule has 326 valence electrons. The minimum atomic E-state index is -4.61. The molecule has 6 heteroatoms. The monoisotopic (exact) mass is 886 g/mol. The van der Waals surface area contributed by atoms with Gasteiger partial charge in [-0.3, -0.25) is 0 Å². The largest absolute Gasteiger partial charge is 0.453 e. The molecular weight excluding hydrogens is 846 g/mol. The van der Waals surface area contributed by atoms with Crippen molar-refractivity contribution in [1.82, 2.24) is 4.57 Å². The number of hydrogen-bond acceptors (Lipinski definition) is 2. The Kier molecular flexibility index (Phi) is 7.77. The lowest BCUT2D eigenvalue weighted by Crippen LogP contribution is -2.33. The number of para-hydroxylation sites is 5. The molecule has 3 heterocycles. The van der Waals surface area contributed by atoms with E-state index in [-0.39, 0.29) is 11.0 Å². The zero-order chi connectivity index (χ0) is 45.8. The van der Waals surface area contributed by atoms with Crippen LogP contribution in [0.4, 0.5) is 30.2 Å². The van der Waals surface area contributed by atoms with Gasteiger partial charge in [0, 0.05) is 32.6 Å². The van der Waals surface area contributed by atoms with Crippen LogP contribution in [0.3, 0.4) is 0 Å². The Labute approximate surface area is 389 Å². The fourth-order valence-electron chi connectivity index (χ4n) is 12.1. The highest BCUT2D eigenvalue weighted by atomic mass is 19.4. The molecule has 1 atom stereocenters. The summed E-state index contributed by atoms with van der Waals surface area (Å²) >= 11 is 0. The molecule has 0 N–H and O–H groups in total. The van der Waals surface area contributed by atoms with Crippen LogP contribution in [0.25, 0.3) is 82.1 Å². The van der Waals surface area contributed by atoms with E-state index in [1.807, 2.05) is 18.2 Å². The quantitative estimate of drug-likeness (QED) is 0.176. The van der Waals surface area contributed by atoms with Crippen molar-refractivity contribution in [3.63, 3.8) is 0 Å². The van der Waals surface area contributed by atoms with Crippen molar-refractivity contribution in [2.45, 2.75) is 37.8 Å². The molecule has 68 heavy (non-hydrogen) atoms. The van der Waals surface area contributed by atoms with Gasteiger partial charge in [-0.1, -0.05) is 172 Å². The lowest BCUT2D eigenvalue weighted by Gasteiger charge is -2.40. The molecule has 3 nitrogen and oxygen atoms in total. The molecule has 12 aromatic rings. The van der Waals surface area contributed by atoms with Gasteiger partial charge < -0.3 is 13.9 Å². The SMILES string of the molecule is CC(C)(C)c1ccc(N(c2cc3c(c4ccccc24)-c2c(ccc4ccccc24)C32c3ccccc3-n3c4ccccc4c4cccc2c43)c2cccc3c2oc2c(C(F)(F)F)cccc23)cc1. The van der Waals surface area contributed by atoms with Gasteiger partial charge in [0.05, 0.1) is 39.1 Å². The number of nitrogens with zero attached hydrogens (tertiary/aromatic N) is 2. The first-order valence-electron chi connectivity index (χ1n) is 23.2. The van der Waals surface area contributed by atoms with Gasteiger partial charge in [-0.25, -0.2) is 0 Å². The number of benzene rings is 10. The highest BCUT2D eigenvalue weighted by Gasteiger charge is 2.52. The normalized spacial score (nSPS) is 15.3. The number of aromatic nitrogens is 1. The third-order valence-corrected chi connectivity index (χ3v) is 14.9. The molecule has 0 radical (unpaired) electrons. The number of alkyl halides is 3. The van der Waals surface area contributed by atoms with Gasteiger partial charge in [-0.2, -0.15) is 13.2 Å². The topological polar surface area (TPSA) is 21.3 Å². The molecule has 0 bridgehead atoms. The number of halogens is 3. The number of furan rings is 1. The Balaban J connectivity index is 1.17. The molecule has 1 aliphatic heterocycles. The molecule has 14 rings (SSSR count). The molecule has 0 saturated carbocycles. The Hall–Kier alpha value is -8.09. The molecule has 2 aliphatic rings. The fraction of sp³-hybridized carbons (Fsp3) is 0.0968. The molecule has 1 unspecified atom stereocenters. The van der Waals surface area contributed by atoms with Crippen molar-refractivity contribution in [2.75, 3.05) is 4.90 Å². The Morgan fingerprint density at radius 2 is 1.09 bits per heavy atom. The van der Waals surface area contributed by atoms with E-state index < -0.39 is 17.2 Å². The van der Waals surface area contributed by atoms with Crippen molar-refractivity contribution in [1.29, 1.82) is 0 Å². The zero-order valence-electron chi connectivity index (χ0n) is 37.4. The average molecular weight is 887 g/mol. The van der Waals surface area contributed by atoms with Gasteiger partial charge in [0.25, 0.3) is 0 Å². The van der Waals surface area contributed by atoms with E-state index in [4.69, 9.17) is 4.42 Å². The van der Waals surface area contributed by atoms with Gasteiger partial charge in [-0.15, -0.1) is 0 Å². The minimum Gasteiger partial charge on any atom is -0.453 e. The third-order valence-electron chi connectivity index (χ3n) is 14.9. The summed E-state index contributed by atoms with van der Waals surface area (Å²) in [6, 6.07) is 67.4. The number of anilines is 3. The maximum Gasteiger partial charge on any atom is 0.420 e. The van der Waals surface area contributed by atoms with E-state index in [0.717, 1.165) is 50.4 Å². The van der Waals surface area contributed by atoms with Gasteiger partial charge in [-0.05, 0) is 103 Å². The number of rotatable bonds is 3. The Morgan fingerprint density at radius 3 is 1.88 bits per heavy atom. The van der Waals surface area contributed by atoms with Gasteiger partial charge in [0.1, 0.15) is 5.58 Å². The van der Waals surface area contributed by atoms with Crippen LogP contribution in [0.2, 0.25) is 0 Å². The van der Waals surface area contributed by atoms with E-state index in [9.17, 15) is 13.2 Å². The summed E-state index contributed by atoms with van der Waals surface area (Å²) in [6.07, 6.45) is -4.61. The second-order valence-electron chi connectivity index (χ2n) is 19.5. The smallest absolute Gasteiger partial charge is 0.420 e. The summed E-state index contributed by atoms with van der Waals surface area (Å²) in [5.74, 6) is 0. The van der Waals surface area contributed by atoms with Crippen LogP contribution in [0.15, 0.2) is 199 Å². The van der Waals surface area contributed by atoms with E-state index in [1.165, 1.54) is 61.1 Å². The van der Waals surface area contributed by atoms with Crippen LogP contribution in [0.5, 0.6) is 0 Å². The number of hydrogen-bond donors (Lipinski definition) is 0. The van der Waals surface area contributed by atoms with Crippen LogP contribution < -0.4 is 4.90 Å². The average Bonchev–Trinajstić information content (AvgIpc) is 4.01. The van der Waals surface area contributed by atoms with Crippen LogP contribution in [0, 0.1) is 0 Å². The Morgan fingerprint density at radius 1 is 0.471 bits per heavy atom. The van der Waals surface area contributed by atoms with E-state index in [2.05, 4.69) is 188 Å². The molecule has 0 saturated heterocycles. The minimum absolute atomic E-state index is 0.116. The summed E-state index contributed by atoms with van der Waals surface area (Å²) in [5.41, 5.74) is 12.6. The van der Waals surface area contributed by atoms with E-state index >= 15 is 0 Å². The second kappa shape index (κ2) is 13.5. The molecule has 1 spiro atoms. The summed E-state index contributed by atoms with van der Waals surface area (Å²) in [4.78, 5) is 2.22. The first kappa shape index (κ1) is 39.1. The molecular formula is C62H41F3N2O. The third kappa shape index (κ3) is 5.04. The molecule has 10 aromatic carbocycles. The maximum atomic E-state index is 14.7. The van der Waals surface area contributed by atoms with Crippen LogP contribution >= 0.6 is 0 Å². The van der Waals surface area contributed by atoms with Crippen molar-refractivity contribution >= 4 is 82.4 Å². The summed E-state index contributed by atoms with van der Waals surface area (Å²) in [7, 11) is 0. The molecule has 2 aromatic heterocycles. The standard InChI is InChI=1S/C62H41F3N2O/c1-60(2,3)37-30-32-38(33-31-37)66(53-28-14-22-45-44-21-13-25-49(62(63,64)65)58(44)68-59(45)53)54-35-50-56(42-19-7-6-17-40(42)54)55-39-16-5-4-15-36(39)29-34-47(55)61(50)46-23-9-11-27-52(46)67-51-26-10-8-18-41(51)43-20-12-24-48(61)57(43)67/h4-35H,1-3H3. The molecule has 0 fully saturated rings. The van der Waals surface area contributed by atoms with Crippen LogP contribution in [0.1, 0.15) is 54.2 Å². The first-order valence-corrected chi connectivity index (χ1v) is 23.2. The predicted octanol–water partition coefficient (Wildman–Crippen LogP) is 17.5. The van der Waals surface area contributed by atoms with Crippen molar-refractivity contribution in [2.24, 2.45) is 0 Å².